The van der Waals surface area contributed by atoms with Crippen LogP contribution in [-0.2, 0) is 4.74 Å². The standard InChI is InChI=1S/C9H17NO/c1-2-8-5-10-4-3-9(8)6-11-7-9/h8,10H,2-7H2,1H3. The first-order chi connectivity index (χ1) is 5.37. The maximum atomic E-state index is 5.32. The Balaban J connectivity index is 2.02. The Morgan fingerprint density at radius 2 is 2.36 bits per heavy atom. The molecule has 2 aliphatic rings. The summed E-state index contributed by atoms with van der Waals surface area (Å²) in [6.07, 6.45) is 2.63. The normalized spacial score (nSPS) is 35.2. The second kappa shape index (κ2) is 2.76. The second-order valence-corrected chi connectivity index (χ2v) is 3.91. The highest BCUT2D eigenvalue weighted by molar-refractivity contribution is 4.95. The Morgan fingerprint density at radius 3 is 2.82 bits per heavy atom. The average molecular weight is 155 g/mol. The van der Waals surface area contributed by atoms with Crippen LogP contribution < -0.4 is 5.32 Å². The van der Waals surface area contributed by atoms with Crippen LogP contribution in [0.1, 0.15) is 19.8 Å². The number of ether oxygens (including phenoxy) is 1. The summed E-state index contributed by atoms with van der Waals surface area (Å²) >= 11 is 0. The van der Waals surface area contributed by atoms with Crippen molar-refractivity contribution in [2.45, 2.75) is 19.8 Å². The molecule has 0 aliphatic carbocycles. The number of hydrogen-bond acceptors (Lipinski definition) is 2. The smallest absolute Gasteiger partial charge is 0.0548 e. The number of nitrogens with one attached hydrogen (secondary N) is 1. The molecule has 2 nitrogen and oxygen atoms in total. The molecule has 0 bridgehead atoms. The largest absolute Gasteiger partial charge is 0.380 e. The van der Waals surface area contributed by atoms with E-state index >= 15 is 0 Å². The molecule has 1 spiro atoms. The zero-order chi connectivity index (χ0) is 7.73. The van der Waals surface area contributed by atoms with E-state index in [2.05, 4.69) is 12.2 Å². The Bertz CT molecular complexity index is 142. The second-order valence-electron chi connectivity index (χ2n) is 3.91. The minimum absolute atomic E-state index is 0.583. The van der Waals surface area contributed by atoms with E-state index in [1.165, 1.54) is 25.9 Å². The van der Waals surface area contributed by atoms with E-state index in [9.17, 15) is 0 Å². The minimum atomic E-state index is 0.583. The van der Waals surface area contributed by atoms with E-state index in [0.717, 1.165) is 19.1 Å². The zero-order valence-corrected chi connectivity index (χ0v) is 7.23. The Hall–Kier alpha value is -0.0800. The summed E-state index contributed by atoms with van der Waals surface area (Å²) in [5, 5.41) is 3.45. The van der Waals surface area contributed by atoms with Gasteiger partial charge in [0.25, 0.3) is 0 Å². The Kier molecular flexibility index (Phi) is 1.90. The fourth-order valence-corrected chi connectivity index (χ4v) is 2.36. The van der Waals surface area contributed by atoms with Gasteiger partial charge in [0, 0.05) is 5.41 Å². The predicted molar refractivity (Wildman–Crippen MR) is 44.5 cm³/mol. The fourth-order valence-electron chi connectivity index (χ4n) is 2.36. The summed E-state index contributed by atoms with van der Waals surface area (Å²) in [5.74, 6) is 0.866. The molecule has 2 fully saturated rings. The van der Waals surface area contributed by atoms with Gasteiger partial charge in [-0.2, -0.15) is 0 Å². The molecule has 0 aromatic heterocycles. The molecule has 64 valence electrons. The molecule has 1 atom stereocenters. The summed E-state index contributed by atoms with van der Waals surface area (Å²) < 4.78 is 5.32. The summed E-state index contributed by atoms with van der Waals surface area (Å²) in [7, 11) is 0. The molecule has 2 saturated heterocycles. The highest BCUT2D eigenvalue weighted by Crippen LogP contribution is 2.42. The number of piperidine rings is 1. The molecule has 2 heteroatoms. The molecule has 0 amide bonds. The van der Waals surface area contributed by atoms with Gasteiger partial charge in [-0.05, 0) is 25.4 Å². The molecular formula is C9H17NO. The topological polar surface area (TPSA) is 21.3 Å². The van der Waals surface area contributed by atoms with Crippen LogP contribution in [0.15, 0.2) is 0 Å². The van der Waals surface area contributed by atoms with Gasteiger partial charge < -0.3 is 10.1 Å². The molecule has 2 heterocycles. The van der Waals surface area contributed by atoms with Crippen LogP contribution in [0.5, 0.6) is 0 Å². The summed E-state index contributed by atoms with van der Waals surface area (Å²) in [4.78, 5) is 0. The fraction of sp³-hybridized carbons (Fsp3) is 1.00. The molecule has 11 heavy (non-hydrogen) atoms. The Labute approximate surface area is 68.3 Å². The molecule has 0 aromatic rings. The van der Waals surface area contributed by atoms with Crippen LogP contribution in [0.4, 0.5) is 0 Å². The van der Waals surface area contributed by atoms with Crippen molar-refractivity contribution < 1.29 is 4.74 Å². The third kappa shape index (κ3) is 1.09. The average Bonchev–Trinajstić information content (AvgIpc) is 2.01. The molecule has 1 unspecified atom stereocenters. The van der Waals surface area contributed by atoms with Gasteiger partial charge >= 0.3 is 0 Å². The van der Waals surface area contributed by atoms with E-state index in [1.807, 2.05) is 0 Å². The molecule has 2 rings (SSSR count). The zero-order valence-electron chi connectivity index (χ0n) is 7.23. The van der Waals surface area contributed by atoms with Gasteiger partial charge in [-0.25, -0.2) is 0 Å². The van der Waals surface area contributed by atoms with Gasteiger partial charge in [-0.1, -0.05) is 13.3 Å². The quantitative estimate of drug-likeness (QED) is 0.610. The van der Waals surface area contributed by atoms with Crippen molar-refractivity contribution >= 4 is 0 Å². The van der Waals surface area contributed by atoms with Gasteiger partial charge in [0.15, 0.2) is 0 Å². The van der Waals surface area contributed by atoms with E-state index < -0.39 is 0 Å². The first-order valence-electron chi connectivity index (χ1n) is 4.66. The van der Waals surface area contributed by atoms with Crippen LogP contribution in [0.3, 0.4) is 0 Å². The van der Waals surface area contributed by atoms with E-state index in [-0.39, 0.29) is 0 Å². The van der Waals surface area contributed by atoms with Gasteiger partial charge in [-0.3, -0.25) is 0 Å². The van der Waals surface area contributed by atoms with Crippen LogP contribution in [0.25, 0.3) is 0 Å². The van der Waals surface area contributed by atoms with Crippen molar-refractivity contribution in [3.63, 3.8) is 0 Å². The number of hydrogen-bond donors (Lipinski definition) is 1. The lowest BCUT2D eigenvalue weighted by atomic mass is 9.68. The minimum Gasteiger partial charge on any atom is -0.380 e. The lowest BCUT2D eigenvalue weighted by Gasteiger charge is -2.50. The number of rotatable bonds is 1. The van der Waals surface area contributed by atoms with Crippen LogP contribution in [0.2, 0.25) is 0 Å². The van der Waals surface area contributed by atoms with E-state index in [1.54, 1.807) is 0 Å². The highest BCUT2D eigenvalue weighted by Gasteiger charge is 2.45. The maximum absolute atomic E-state index is 5.32. The predicted octanol–water partition coefficient (Wildman–Crippen LogP) is 1.02. The molecule has 0 saturated carbocycles. The molecule has 0 aromatic carbocycles. The first-order valence-corrected chi connectivity index (χ1v) is 4.66. The van der Waals surface area contributed by atoms with Crippen molar-refractivity contribution in [3.8, 4) is 0 Å². The lowest BCUT2D eigenvalue weighted by Crippen LogP contribution is -2.55. The molecule has 0 radical (unpaired) electrons. The summed E-state index contributed by atoms with van der Waals surface area (Å²) in [5.41, 5.74) is 0.583. The summed E-state index contributed by atoms with van der Waals surface area (Å²) in [6.45, 7) is 6.73. The van der Waals surface area contributed by atoms with E-state index in [0.29, 0.717) is 5.41 Å². The lowest BCUT2D eigenvalue weighted by molar-refractivity contribution is -0.158. The van der Waals surface area contributed by atoms with Crippen molar-refractivity contribution in [1.29, 1.82) is 0 Å². The molecular weight excluding hydrogens is 138 g/mol. The van der Waals surface area contributed by atoms with Crippen LogP contribution in [-0.4, -0.2) is 26.3 Å². The van der Waals surface area contributed by atoms with Gasteiger partial charge in [0.2, 0.25) is 0 Å². The molecule has 1 N–H and O–H groups in total. The van der Waals surface area contributed by atoms with Crippen molar-refractivity contribution in [1.82, 2.24) is 5.32 Å². The Morgan fingerprint density at radius 1 is 1.55 bits per heavy atom. The van der Waals surface area contributed by atoms with Gasteiger partial charge in [0.1, 0.15) is 0 Å². The van der Waals surface area contributed by atoms with Crippen molar-refractivity contribution in [2.75, 3.05) is 26.3 Å². The third-order valence-corrected chi connectivity index (χ3v) is 3.33. The van der Waals surface area contributed by atoms with Crippen molar-refractivity contribution in [2.24, 2.45) is 11.3 Å². The SMILES string of the molecule is CCC1CNCCC12COC2. The molecule has 2 aliphatic heterocycles. The first kappa shape index (κ1) is 7.56. The monoisotopic (exact) mass is 155 g/mol. The van der Waals surface area contributed by atoms with Gasteiger partial charge in [0.05, 0.1) is 13.2 Å². The third-order valence-electron chi connectivity index (χ3n) is 3.33. The van der Waals surface area contributed by atoms with Crippen LogP contribution in [0, 0.1) is 11.3 Å². The van der Waals surface area contributed by atoms with Crippen LogP contribution >= 0.6 is 0 Å². The van der Waals surface area contributed by atoms with E-state index in [4.69, 9.17) is 4.74 Å². The van der Waals surface area contributed by atoms with Crippen molar-refractivity contribution in [3.05, 3.63) is 0 Å². The maximum Gasteiger partial charge on any atom is 0.0548 e. The highest BCUT2D eigenvalue weighted by atomic mass is 16.5. The van der Waals surface area contributed by atoms with Gasteiger partial charge in [-0.15, -0.1) is 0 Å². The summed E-state index contributed by atoms with van der Waals surface area (Å²) in [6, 6.07) is 0.